The van der Waals surface area contributed by atoms with Crippen LogP contribution in [0.2, 0.25) is 0 Å². The SMILES string of the molecule is Cc1cc(C2=NN=C(N)C(C)C2)c2ccccc2n1. The second-order valence-electron chi connectivity index (χ2n) is 5.01. The third kappa shape index (κ3) is 2.10. The number of aromatic nitrogens is 1. The van der Waals surface area contributed by atoms with Crippen LogP contribution in [0.3, 0.4) is 0 Å². The monoisotopic (exact) mass is 252 g/mol. The summed E-state index contributed by atoms with van der Waals surface area (Å²) < 4.78 is 0. The summed E-state index contributed by atoms with van der Waals surface area (Å²) in [6.07, 6.45) is 0.822. The van der Waals surface area contributed by atoms with E-state index in [0.717, 1.165) is 34.3 Å². The van der Waals surface area contributed by atoms with E-state index in [1.165, 1.54) is 0 Å². The van der Waals surface area contributed by atoms with Crippen LogP contribution in [-0.4, -0.2) is 16.5 Å². The molecule has 1 aromatic carbocycles. The molecule has 0 aliphatic carbocycles. The fourth-order valence-corrected chi connectivity index (χ4v) is 2.36. The quantitative estimate of drug-likeness (QED) is 0.848. The first-order chi connectivity index (χ1) is 9.15. The molecular formula is C15H16N4. The highest BCUT2D eigenvalue weighted by Gasteiger charge is 2.19. The van der Waals surface area contributed by atoms with E-state index in [0.29, 0.717) is 5.84 Å². The lowest BCUT2D eigenvalue weighted by Gasteiger charge is -2.17. The fourth-order valence-electron chi connectivity index (χ4n) is 2.36. The largest absolute Gasteiger partial charge is 0.385 e. The van der Waals surface area contributed by atoms with Crippen molar-refractivity contribution >= 4 is 22.5 Å². The van der Waals surface area contributed by atoms with Gasteiger partial charge in [0.25, 0.3) is 0 Å². The van der Waals surface area contributed by atoms with Crippen LogP contribution in [0.25, 0.3) is 10.9 Å². The minimum Gasteiger partial charge on any atom is -0.385 e. The molecule has 1 atom stereocenters. The number of hydrogen-bond donors (Lipinski definition) is 1. The zero-order valence-corrected chi connectivity index (χ0v) is 11.1. The number of hydrogen-bond acceptors (Lipinski definition) is 4. The first-order valence-electron chi connectivity index (χ1n) is 6.42. The number of benzene rings is 1. The van der Waals surface area contributed by atoms with Crippen LogP contribution in [-0.2, 0) is 0 Å². The Bertz CT molecular complexity index is 700. The van der Waals surface area contributed by atoms with Crippen LogP contribution in [0.4, 0.5) is 0 Å². The van der Waals surface area contributed by atoms with Crippen LogP contribution in [0.5, 0.6) is 0 Å². The van der Waals surface area contributed by atoms with Gasteiger partial charge in [0.2, 0.25) is 0 Å². The molecule has 1 aliphatic heterocycles. The van der Waals surface area contributed by atoms with Gasteiger partial charge < -0.3 is 5.73 Å². The average Bonchev–Trinajstić information content (AvgIpc) is 2.41. The molecule has 1 aliphatic rings. The Morgan fingerprint density at radius 3 is 2.79 bits per heavy atom. The van der Waals surface area contributed by atoms with Crippen molar-refractivity contribution in [2.75, 3.05) is 0 Å². The van der Waals surface area contributed by atoms with Crippen molar-refractivity contribution in [1.29, 1.82) is 0 Å². The minimum atomic E-state index is 0.236. The topological polar surface area (TPSA) is 63.6 Å². The lowest BCUT2D eigenvalue weighted by Crippen LogP contribution is -2.27. The zero-order chi connectivity index (χ0) is 13.4. The second-order valence-corrected chi connectivity index (χ2v) is 5.01. The summed E-state index contributed by atoms with van der Waals surface area (Å²) in [5, 5.41) is 9.46. The molecule has 2 heterocycles. The van der Waals surface area contributed by atoms with Gasteiger partial charge in [0.15, 0.2) is 0 Å². The Balaban J connectivity index is 2.20. The van der Waals surface area contributed by atoms with Gasteiger partial charge in [-0.05, 0) is 19.1 Å². The van der Waals surface area contributed by atoms with Crippen LogP contribution in [0.1, 0.15) is 24.6 Å². The number of rotatable bonds is 1. The molecule has 4 nitrogen and oxygen atoms in total. The highest BCUT2D eigenvalue weighted by atomic mass is 15.2. The van der Waals surface area contributed by atoms with Gasteiger partial charge >= 0.3 is 0 Å². The van der Waals surface area contributed by atoms with Gasteiger partial charge in [-0.3, -0.25) is 4.98 Å². The molecule has 96 valence electrons. The number of pyridine rings is 1. The van der Waals surface area contributed by atoms with Crippen molar-refractivity contribution in [3.63, 3.8) is 0 Å². The maximum absolute atomic E-state index is 5.79. The van der Waals surface area contributed by atoms with Crippen molar-refractivity contribution in [1.82, 2.24) is 4.98 Å². The second kappa shape index (κ2) is 4.46. The summed E-state index contributed by atoms with van der Waals surface area (Å²) in [6.45, 7) is 4.07. The summed E-state index contributed by atoms with van der Waals surface area (Å²) in [5.74, 6) is 0.846. The van der Waals surface area contributed by atoms with E-state index < -0.39 is 0 Å². The lowest BCUT2D eigenvalue weighted by molar-refractivity contribution is 0.780. The number of fused-ring (bicyclic) bond motifs is 1. The summed E-state index contributed by atoms with van der Waals surface area (Å²) in [6, 6.07) is 10.2. The van der Waals surface area contributed by atoms with Crippen LogP contribution in [0, 0.1) is 12.8 Å². The van der Waals surface area contributed by atoms with Crippen LogP contribution >= 0.6 is 0 Å². The molecule has 3 rings (SSSR count). The van der Waals surface area contributed by atoms with Crippen molar-refractivity contribution < 1.29 is 0 Å². The third-order valence-electron chi connectivity index (χ3n) is 3.45. The van der Waals surface area contributed by atoms with Crippen molar-refractivity contribution in [2.24, 2.45) is 21.9 Å². The van der Waals surface area contributed by atoms with Gasteiger partial charge in [-0.2, -0.15) is 5.10 Å². The highest BCUT2D eigenvalue weighted by Crippen LogP contribution is 2.23. The Kier molecular flexibility index (Phi) is 2.78. The first-order valence-corrected chi connectivity index (χ1v) is 6.42. The summed E-state index contributed by atoms with van der Waals surface area (Å²) in [7, 11) is 0. The van der Waals surface area contributed by atoms with E-state index >= 15 is 0 Å². The maximum Gasteiger partial charge on any atom is 0.125 e. The van der Waals surface area contributed by atoms with E-state index in [1.54, 1.807) is 0 Å². The predicted octanol–water partition coefficient (Wildman–Crippen LogP) is 2.64. The normalized spacial score (nSPS) is 19.2. The fraction of sp³-hybridized carbons (Fsp3) is 0.267. The molecule has 4 heteroatoms. The summed E-state index contributed by atoms with van der Waals surface area (Å²) >= 11 is 0. The van der Waals surface area contributed by atoms with Crippen molar-refractivity contribution in [2.45, 2.75) is 20.3 Å². The molecule has 1 unspecified atom stereocenters. The zero-order valence-electron chi connectivity index (χ0n) is 11.1. The molecule has 1 aromatic heterocycles. The van der Waals surface area contributed by atoms with Crippen LogP contribution < -0.4 is 5.73 Å². The number of para-hydroxylation sites is 1. The minimum absolute atomic E-state index is 0.236. The van der Waals surface area contributed by atoms with Gasteiger partial charge in [-0.25, -0.2) is 0 Å². The van der Waals surface area contributed by atoms with Gasteiger partial charge in [0, 0.05) is 29.0 Å². The Hall–Kier alpha value is -2.23. The summed E-state index contributed by atoms with van der Waals surface area (Å²) in [5.41, 5.74) is 9.89. The van der Waals surface area contributed by atoms with Gasteiger partial charge in [-0.1, -0.05) is 25.1 Å². The van der Waals surface area contributed by atoms with Crippen molar-refractivity contribution in [3.05, 3.63) is 41.6 Å². The molecule has 0 saturated heterocycles. The van der Waals surface area contributed by atoms with E-state index in [-0.39, 0.29) is 5.92 Å². The standard InChI is InChI=1S/C15H16N4/c1-9-7-14(18-19-15(9)16)12-8-10(2)17-13-6-4-3-5-11(12)13/h3-6,8-9H,7H2,1-2H3,(H2,16,19). The number of amidine groups is 1. The van der Waals surface area contributed by atoms with Crippen LogP contribution in [0.15, 0.2) is 40.5 Å². The van der Waals surface area contributed by atoms with Gasteiger partial charge in [0.1, 0.15) is 5.84 Å². The predicted molar refractivity (Wildman–Crippen MR) is 78.4 cm³/mol. The average molecular weight is 252 g/mol. The molecule has 2 aromatic rings. The molecular weight excluding hydrogens is 236 g/mol. The van der Waals surface area contributed by atoms with Gasteiger partial charge in [0.05, 0.1) is 11.2 Å². The van der Waals surface area contributed by atoms with Crippen molar-refractivity contribution in [3.8, 4) is 0 Å². The lowest BCUT2D eigenvalue weighted by atomic mass is 9.94. The number of nitrogens with zero attached hydrogens (tertiary/aromatic N) is 3. The highest BCUT2D eigenvalue weighted by molar-refractivity contribution is 6.12. The molecule has 0 saturated carbocycles. The number of aryl methyl sites for hydroxylation is 1. The molecule has 0 fully saturated rings. The Labute approximate surface area is 112 Å². The molecule has 0 radical (unpaired) electrons. The molecule has 0 amide bonds. The molecule has 2 N–H and O–H groups in total. The Morgan fingerprint density at radius 2 is 2.00 bits per heavy atom. The number of nitrogens with two attached hydrogens (primary N) is 1. The van der Waals surface area contributed by atoms with E-state index in [9.17, 15) is 0 Å². The first kappa shape index (κ1) is 11.8. The third-order valence-corrected chi connectivity index (χ3v) is 3.45. The Morgan fingerprint density at radius 1 is 1.21 bits per heavy atom. The smallest absolute Gasteiger partial charge is 0.125 e. The molecule has 19 heavy (non-hydrogen) atoms. The maximum atomic E-state index is 5.79. The van der Waals surface area contributed by atoms with E-state index in [1.807, 2.05) is 25.1 Å². The van der Waals surface area contributed by atoms with E-state index in [2.05, 4.69) is 34.2 Å². The van der Waals surface area contributed by atoms with Gasteiger partial charge in [-0.15, -0.1) is 5.10 Å². The molecule has 0 bridgehead atoms. The summed E-state index contributed by atoms with van der Waals surface area (Å²) in [4.78, 5) is 4.55. The van der Waals surface area contributed by atoms with E-state index in [4.69, 9.17) is 5.73 Å². The molecule has 0 spiro atoms.